The number of benzene rings is 1. The second-order valence-corrected chi connectivity index (χ2v) is 6.23. The maximum atomic E-state index is 13.7. The summed E-state index contributed by atoms with van der Waals surface area (Å²) in [6.07, 6.45) is 1.57. The van der Waals surface area contributed by atoms with E-state index >= 15 is 0 Å². The lowest BCUT2D eigenvalue weighted by atomic mass is 10.0. The van der Waals surface area contributed by atoms with Crippen LogP contribution in [0, 0.1) is 5.82 Å². The zero-order valence-electron chi connectivity index (χ0n) is 11.9. The van der Waals surface area contributed by atoms with Gasteiger partial charge in [0.15, 0.2) is 0 Å². The second kappa shape index (κ2) is 6.87. The van der Waals surface area contributed by atoms with Gasteiger partial charge in [0.2, 0.25) is 0 Å². The van der Waals surface area contributed by atoms with Gasteiger partial charge < -0.3 is 10.6 Å². The smallest absolute Gasteiger partial charge is 0.137 e. The minimum atomic E-state index is -0.549. The molecule has 4 nitrogen and oxygen atoms in total. The van der Waals surface area contributed by atoms with Crippen LogP contribution in [0.1, 0.15) is 17.3 Å². The monoisotopic (exact) mass is 374 g/mol. The number of halogens is 3. The lowest BCUT2D eigenvalue weighted by Crippen LogP contribution is -2.23. The Hall–Kier alpha value is -0.950. The topological polar surface area (TPSA) is 47.1 Å². The molecule has 21 heavy (non-hydrogen) atoms. The fraction of sp³-hybridized carbons (Fsp3) is 0.357. The largest absolute Gasteiger partial charge is 0.319 e. The van der Waals surface area contributed by atoms with Crippen LogP contribution in [-0.2, 0) is 6.54 Å². The zero-order valence-corrected chi connectivity index (χ0v) is 14.2. The van der Waals surface area contributed by atoms with Gasteiger partial charge in [0, 0.05) is 6.54 Å². The maximum absolute atomic E-state index is 13.7. The quantitative estimate of drug-likeness (QED) is 0.874. The van der Waals surface area contributed by atoms with E-state index in [1.54, 1.807) is 23.0 Å². The van der Waals surface area contributed by atoms with Gasteiger partial charge >= 0.3 is 0 Å². The lowest BCUT2D eigenvalue weighted by Gasteiger charge is -2.18. The molecule has 0 aliphatic rings. The van der Waals surface area contributed by atoms with Crippen LogP contribution in [0.15, 0.2) is 28.9 Å². The third kappa shape index (κ3) is 3.63. The van der Waals surface area contributed by atoms with E-state index in [0.29, 0.717) is 27.3 Å². The molecule has 1 unspecified atom stereocenters. The summed E-state index contributed by atoms with van der Waals surface area (Å²) in [6, 6.07) is 4.24. The van der Waals surface area contributed by atoms with Crippen molar-refractivity contribution in [3.8, 4) is 0 Å². The minimum Gasteiger partial charge on any atom is -0.319 e. The van der Waals surface area contributed by atoms with E-state index in [1.165, 1.54) is 6.07 Å². The van der Waals surface area contributed by atoms with Gasteiger partial charge in [0.05, 0.1) is 34.0 Å². The third-order valence-corrected chi connectivity index (χ3v) is 4.33. The fourth-order valence-electron chi connectivity index (χ4n) is 2.06. The van der Waals surface area contributed by atoms with Gasteiger partial charge in [-0.2, -0.15) is 5.10 Å². The zero-order chi connectivity index (χ0) is 15.6. The van der Waals surface area contributed by atoms with Crippen molar-refractivity contribution < 1.29 is 4.39 Å². The standard InChI is InChI=1S/C14H17BrClFN4/c1-20(2)6-7-21-14(10(16)8-19-21)13(18)9-4-3-5-11(17)12(9)15/h3-5,8,13H,6-7,18H2,1-2H3. The average Bonchev–Trinajstić information content (AvgIpc) is 2.80. The molecule has 1 atom stereocenters. The summed E-state index contributed by atoms with van der Waals surface area (Å²) in [7, 11) is 3.96. The Bertz CT molecular complexity index is 629. The van der Waals surface area contributed by atoms with Crippen molar-refractivity contribution in [3.05, 3.63) is 51.0 Å². The Kier molecular flexibility index (Phi) is 5.37. The Labute approximate surface area is 136 Å². The van der Waals surface area contributed by atoms with Crippen molar-refractivity contribution in [2.75, 3.05) is 20.6 Å². The molecule has 2 rings (SSSR count). The first-order chi connectivity index (χ1) is 9.91. The highest BCUT2D eigenvalue weighted by Crippen LogP contribution is 2.32. The SMILES string of the molecule is CN(C)CCn1ncc(Cl)c1C(N)c1cccc(F)c1Br. The number of rotatable bonds is 5. The molecule has 0 spiro atoms. The molecule has 0 saturated carbocycles. The van der Waals surface area contributed by atoms with Gasteiger partial charge in [0.1, 0.15) is 5.82 Å². The summed E-state index contributed by atoms with van der Waals surface area (Å²) in [4.78, 5) is 2.04. The van der Waals surface area contributed by atoms with Crippen LogP contribution in [0.25, 0.3) is 0 Å². The summed E-state index contributed by atoms with van der Waals surface area (Å²) in [5, 5.41) is 4.74. The van der Waals surface area contributed by atoms with Crippen LogP contribution in [0.4, 0.5) is 4.39 Å². The van der Waals surface area contributed by atoms with E-state index in [9.17, 15) is 4.39 Å². The number of nitrogens with two attached hydrogens (primary N) is 1. The van der Waals surface area contributed by atoms with Gasteiger partial charge in [-0.3, -0.25) is 4.68 Å². The van der Waals surface area contributed by atoms with E-state index in [0.717, 1.165) is 6.54 Å². The van der Waals surface area contributed by atoms with Crippen LogP contribution in [0.5, 0.6) is 0 Å². The first-order valence-electron chi connectivity index (χ1n) is 6.47. The Balaban J connectivity index is 2.36. The molecule has 0 saturated heterocycles. The number of hydrogen-bond acceptors (Lipinski definition) is 3. The number of aromatic nitrogens is 2. The van der Waals surface area contributed by atoms with Crippen molar-refractivity contribution in [3.63, 3.8) is 0 Å². The molecule has 7 heteroatoms. The molecule has 0 bridgehead atoms. The van der Waals surface area contributed by atoms with E-state index in [4.69, 9.17) is 17.3 Å². The summed E-state index contributed by atoms with van der Waals surface area (Å²) in [6.45, 7) is 1.47. The van der Waals surface area contributed by atoms with E-state index in [2.05, 4.69) is 21.0 Å². The minimum absolute atomic E-state index is 0.349. The summed E-state index contributed by atoms with van der Waals surface area (Å²) < 4.78 is 15.8. The molecule has 2 N–H and O–H groups in total. The highest BCUT2D eigenvalue weighted by atomic mass is 79.9. The van der Waals surface area contributed by atoms with Crippen LogP contribution in [-0.4, -0.2) is 35.3 Å². The van der Waals surface area contributed by atoms with Crippen molar-refractivity contribution >= 4 is 27.5 Å². The Morgan fingerprint density at radius 3 is 2.86 bits per heavy atom. The molecule has 114 valence electrons. The van der Waals surface area contributed by atoms with Gasteiger partial charge in [-0.05, 0) is 41.7 Å². The highest BCUT2D eigenvalue weighted by molar-refractivity contribution is 9.10. The molecule has 0 aliphatic heterocycles. The summed E-state index contributed by atoms with van der Waals surface area (Å²) >= 11 is 9.45. The van der Waals surface area contributed by atoms with Gasteiger partial charge in [-0.15, -0.1) is 0 Å². The molecule has 1 aromatic carbocycles. The first-order valence-corrected chi connectivity index (χ1v) is 7.64. The van der Waals surface area contributed by atoms with Crippen LogP contribution in [0.2, 0.25) is 5.02 Å². The molecule has 0 radical (unpaired) electrons. The molecular formula is C14H17BrClFN4. The van der Waals surface area contributed by atoms with Crippen molar-refractivity contribution in [2.45, 2.75) is 12.6 Å². The lowest BCUT2D eigenvalue weighted by molar-refractivity contribution is 0.368. The van der Waals surface area contributed by atoms with E-state index in [-0.39, 0.29) is 5.82 Å². The molecule has 2 aromatic rings. The van der Waals surface area contributed by atoms with E-state index in [1.807, 2.05) is 19.0 Å². The first kappa shape index (κ1) is 16.4. The highest BCUT2D eigenvalue weighted by Gasteiger charge is 2.21. The number of likely N-dealkylation sites (N-methyl/N-ethyl adjacent to an activating group) is 1. The Morgan fingerprint density at radius 1 is 1.48 bits per heavy atom. The molecular weight excluding hydrogens is 359 g/mol. The normalized spacial score (nSPS) is 12.9. The molecule has 0 amide bonds. The van der Waals surface area contributed by atoms with Crippen molar-refractivity contribution in [1.82, 2.24) is 14.7 Å². The fourth-order valence-corrected chi connectivity index (χ4v) is 2.83. The molecule has 0 fully saturated rings. The predicted molar refractivity (Wildman–Crippen MR) is 85.9 cm³/mol. The predicted octanol–water partition coefficient (Wildman–Crippen LogP) is 3.05. The maximum Gasteiger partial charge on any atom is 0.137 e. The molecule has 0 aliphatic carbocycles. The number of nitrogens with zero attached hydrogens (tertiary/aromatic N) is 3. The van der Waals surface area contributed by atoms with Crippen LogP contribution >= 0.6 is 27.5 Å². The van der Waals surface area contributed by atoms with Crippen LogP contribution < -0.4 is 5.73 Å². The number of hydrogen-bond donors (Lipinski definition) is 1. The Morgan fingerprint density at radius 2 is 2.19 bits per heavy atom. The molecule has 1 aromatic heterocycles. The van der Waals surface area contributed by atoms with Crippen LogP contribution in [0.3, 0.4) is 0 Å². The van der Waals surface area contributed by atoms with Gasteiger partial charge in [-0.1, -0.05) is 23.7 Å². The second-order valence-electron chi connectivity index (χ2n) is 5.02. The average molecular weight is 376 g/mol. The van der Waals surface area contributed by atoms with E-state index < -0.39 is 6.04 Å². The summed E-state index contributed by atoms with van der Waals surface area (Å²) in [5.74, 6) is -0.349. The van der Waals surface area contributed by atoms with Gasteiger partial charge in [0.25, 0.3) is 0 Å². The summed E-state index contributed by atoms with van der Waals surface area (Å²) in [5.41, 5.74) is 7.61. The van der Waals surface area contributed by atoms with Crippen molar-refractivity contribution in [1.29, 1.82) is 0 Å². The third-order valence-electron chi connectivity index (χ3n) is 3.20. The molecule has 1 heterocycles. The van der Waals surface area contributed by atoms with Crippen molar-refractivity contribution in [2.24, 2.45) is 5.73 Å². The van der Waals surface area contributed by atoms with Gasteiger partial charge in [-0.25, -0.2) is 4.39 Å².